The largest absolute Gasteiger partial charge is 0.383 e. The predicted molar refractivity (Wildman–Crippen MR) is 90.1 cm³/mol. The summed E-state index contributed by atoms with van der Waals surface area (Å²) in [5.41, 5.74) is 2.45. The van der Waals surface area contributed by atoms with Crippen LogP contribution in [-0.4, -0.2) is 24.2 Å². The maximum Gasteiger partial charge on any atom is 0.243 e. The first-order valence-corrected chi connectivity index (χ1v) is 7.82. The lowest BCUT2D eigenvalue weighted by molar-refractivity contribution is -0.912. The Morgan fingerprint density at radius 1 is 1.23 bits per heavy atom. The van der Waals surface area contributed by atoms with Crippen molar-refractivity contribution in [1.82, 2.24) is 5.32 Å². The highest BCUT2D eigenvalue weighted by molar-refractivity contribution is 5.87. The van der Waals surface area contributed by atoms with Crippen molar-refractivity contribution in [2.45, 2.75) is 41.5 Å². The Hall–Kier alpha value is -2.04. The molecule has 0 saturated heterocycles. The molecule has 0 bridgehead atoms. The summed E-state index contributed by atoms with van der Waals surface area (Å²) in [7, 11) is 0. The predicted octanol–water partition coefficient (Wildman–Crippen LogP) is 2.59. The minimum Gasteiger partial charge on any atom is -0.383 e. The summed E-state index contributed by atoms with van der Waals surface area (Å²) < 4.78 is 1.14. The topological polar surface area (TPSA) is 65.2 Å². The number of rotatable bonds is 6. The number of hydrogen-bond acceptors (Lipinski definition) is 3. The Bertz CT molecular complexity index is 474. The van der Waals surface area contributed by atoms with Crippen LogP contribution >= 0.6 is 0 Å². The average Bonchev–Trinajstić information content (AvgIpc) is 2.49. The van der Waals surface area contributed by atoms with Gasteiger partial charge in [-0.15, -0.1) is 0 Å². The molecule has 3 N–H and O–H groups in total. The third-order valence-corrected chi connectivity index (χ3v) is 2.78. The minimum atomic E-state index is -0.0749. The van der Waals surface area contributed by atoms with Gasteiger partial charge >= 0.3 is 0 Å². The van der Waals surface area contributed by atoms with Crippen LogP contribution in [-0.2, 0) is 4.79 Å². The van der Waals surface area contributed by atoms with Crippen LogP contribution in [0.1, 0.15) is 39.1 Å². The fourth-order valence-electron chi connectivity index (χ4n) is 1.73. The number of allylic oxidation sites excluding steroid dienone is 1. The van der Waals surface area contributed by atoms with E-state index in [1.807, 2.05) is 59.8 Å². The number of amides is 1. The molecule has 1 aromatic heterocycles. The molecule has 0 radical (unpaired) electrons. The van der Waals surface area contributed by atoms with Gasteiger partial charge in [0, 0.05) is 49.5 Å². The number of carbonyl (C=O) groups is 1. The molecule has 0 aromatic carbocycles. The Balaban J connectivity index is 0.00000211. The number of aromatic nitrogens is 1. The minimum absolute atomic E-state index is 0.0749. The van der Waals surface area contributed by atoms with E-state index in [-0.39, 0.29) is 5.91 Å². The molecule has 5 nitrogen and oxygen atoms in total. The normalized spacial score (nSPS) is 10.3. The zero-order chi connectivity index (χ0) is 17.1. The van der Waals surface area contributed by atoms with Crippen LogP contribution in [0.15, 0.2) is 24.3 Å². The zero-order valence-electron chi connectivity index (χ0n) is 14.6. The molecular formula is C17H30N3O2+. The summed E-state index contributed by atoms with van der Waals surface area (Å²) >= 11 is 0. The van der Waals surface area contributed by atoms with Gasteiger partial charge in [0.15, 0.2) is 0 Å². The number of aryl methyl sites for hydroxylation is 2. The number of nitrogens with one attached hydrogen (secondary N) is 2. The van der Waals surface area contributed by atoms with Crippen molar-refractivity contribution in [3.05, 3.63) is 35.7 Å². The first-order valence-electron chi connectivity index (χ1n) is 7.82. The first kappa shape index (κ1) is 20.0. The van der Waals surface area contributed by atoms with Gasteiger partial charge in [0.2, 0.25) is 17.3 Å². The maximum absolute atomic E-state index is 11.4. The van der Waals surface area contributed by atoms with Crippen LogP contribution in [0, 0.1) is 19.8 Å². The summed E-state index contributed by atoms with van der Waals surface area (Å²) in [6.07, 6.45) is 3.43. The van der Waals surface area contributed by atoms with Crippen molar-refractivity contribution in [2.75, 3.05) is 18.4 Å². The molecule has 0 aliphatic rings. The second kappa shape index (κ2) is 10.7. The van der Waals surface area contributed by atoms with Crippen LogP contribution in [0.5, 0.6) is 0 Å². The SMILES string of the molecule is CC.Cc1cc(NCCNC(=O)/C=C/C(C)C)cc(C)[n+]1O. The molecule has 1 aromatic rings. The third kappa shape index (κ3) is 7.67. The molecule has 0 atom stereocenters. The van der Waals surface area contributed by atoms with Crippen molar-refractivity contribution in [3.63, 3.8) is 0 Å². The van der Waals surface area contributed by atoms with E-state index in [1.165, 1.54) is 0 Å². The van der Waals surface area contributed by atoms with Crippen LogP contribution < -0.4 is 15.4 Å². The van der Waals surface area contributed by atoms with E-state index >= 15 is 0 Å². The lowest BCUT2D eigenvalue weighted by atomic mass is 10.2. The molecule has 22 heavy (non-hydrogen) atoms. The number of hydrogen-bond donors (Lipinski definition) is 3. The number of nitrogens with zero attached hydrogens (tertiary/aromatic N) is 1. The Morgan fingerprint density at radius 3 is 2.27 bits per heavy atom. The molecule has 0 aliphatic carbocycles. The van der Waals surface area contributed by atoms with Gasteiger partial charge in [-0.05, 0) is 12.0 Å². The quantitative estimate of drug-likeness (QED) is 0.327. The van der Waals surface area contributed by atoms with Crippen molar-refractivity contribution in [3.8, 4) is 0 Å². The van der Waals surface area contributed by atoms with Gasteiger partial charge in [-0.2, -0.15) is 0 Å². The summed E-state index contributed by atoms with van der Waals surface area (Å²) in [5, 5.41) is 15.6. The lowest BCUT2D eigenvalue weighted by Gasteiger charge is -2.07. The highest BCUT2D eigenvalue weighted by Crippen LogP contribution is 2.08. The summed E-state index contributed by atoms with van der Waals surface area (Å²) in [5.74, 6) is 0.299. The number of carbonyl (C=O) groups excluding carboxylic acids is 1. The molecule has 0 unspecified atom stereocenters. The maximum atomic E-state index is 11.4. The van der Waals surface area contributed by atoms with Gasteiger partial charge in [0.1, 0.15) is 0 Å². The van der Waals surface area contributed by atoms with Gasteiger partial charge < -0.3 is 10.6 Å². The Labute approximate surface area is 134 Å². The van der Waals surface area contributed by atoms with E-state index in [0.717, 1.165) is 21.8 Å². The van der Waals surface area contributed by atoms with Crippen LogP contribution in [0.25, 0.3) is 0 Å². The van der Waals surface area contributed by atoms with Gasteiger partial charge in [0.05, 0.1) is 0 Å². The Morgan fingerprint density at radius 2 is 1.77 bits per heavy atom. The summed E-state index contributed by atoms with van der Waals surface area (Å²) in [6.45, 7) is 12.9. The second-order valence-electron chi connectivity index (χ2n) is 5.16. The van der Waals surface area contributed by atoms with E-state index in [0.29, 0.717) is 19.0 Å². The van der Waals surface area contributed by atoms with E-state index in [1.54, 1.807) is 6.08 Å². The molecule has 0 fully saturated rings. The number of pyridine rings is 1. The third-order valence-electron chi connectivity index (χ3n) is 2.78. The molecule has 0 saturated carbocycles. The number of anilines is 1. The van der Waals surface area contributed by atoms with Gasteiger partial charge in [-0.1, -0.05) is 33.8 Å². The molecule has 1 amide bonds. The van der Waals surface area contributed by atoms with Gasteiger partial charge in [0.25, 0.3) is 0 Å². The monoisotopic (exact) mass is 308 g/mol. The standard InChI is InChI=1S/C15H23N3O2.C2H6/c1-11(2)5-6-15(19)17-8-7-16-14-9-12(3)18(20)13(4)10-14;1-2/h5-6,9-11,20H,7-8H2,1-4H3,(H,17,19);1-2H3/p+1/b6-5+;. The molecule has 1 rings (SSSR count). The highest BCUT2D eigenvalue weighted by atomic mass is 16.5. The van der Waals surface area contributed by atoms with Crippen molar-refractivity contribution >= 4 is 11.6 Å². The van der Waals surface area contributed by atoms with Crippen molar-refractivity contribution in [1.29, 1.82) is 0 Å². The molecular weight excluding hydrogens is 278 g/mol. The fraction of sp³-hybridized carbons (Fsp3) is 0.529. The molecule has 0 aliphatic heterocycles. The van der Waals surface area contributed by atoms with E-state index in [4.69, 9.17) is 0 Å². The molecule has 124 valence electrons. The summed E-state index contributed by atoms with van der Waals surface area (Å²) in [4.78, 5) is 11.4. The van der Waals surface area contributed by atoms with E-state index in [2.05, 4.69) is 10.6 Å². The van der Waals surface area contributed by atoms with Crippen LogP contribution in [0.4, 0.5) is 5.69 Å². The van der Waals surface area contributed by atoms with Crippen molar-refractivity contribution in [2.24, 2.45) is 5.92 Å². The van der Waals surface area contributed by atoms with Crippen LogP contribution in [0.3, 0.4) is 0 Å². The summed E-state index contributed by atoms with van der Waals surface area (Å²) in [6, 6.07) is 3.71. The van der Waals surface area contributed by atoms with Gasteiger partial charge in [-0.3, -0.25) is 10.0 Å². The van der Waals surface area contributed by atoms with Crippen LogP contribution in [0.2, 0.25) is 0 Å². The molecule has 1 heterocycles. The van der Waals surface area contributed by atoms with Gasteiger partial charge in [-0.25, -0.2) is 0 Å². The highest BCUT2D eigenvalue weighted by Gasteiger charge is 2.10. The molecule has 5 heteroatoms. The van der Waals surface area contributed by atoms with E-state index in [9.17, 15) is 10.0 Å². The first-order chi connectivity index (χ1) is 10.4. The van der Waals surface area contributed by atoms with E-state index < -0.39 is 0 Å². The molecule has 0 spiro atoms. The van der Waals surface area contributed by atoms with Crippen molar-refractivity contribution < 1.29 is 14.7 Å². The smallest absolute Gasteiger partial charge is 0.243 e. The second-order valence-corrected chi connectivity index (χ2v) is 5.16. The average molecular weight is 308 g/mol. The fourth-order valence-corrected chi connectivity index (χ4v) is 1.73. The lowest BCUT2D eigenvalue weighted by Crippen LogP contribution is -2.37. The zero-order valence-corrected chi connectivity index (χ0v) is 14.6. The Kier molecular flexibility index (Phi) is 9.67.